The SMILES string of the molecule is Cc1ccc(-c2nc3ccc(C)cc3s2)cc1.Cc1ccc2nc(-c3ccc(-c4c5ccccc5c(C)c5ccccc45)cc3)sc2c1. The first-order chi connectivity index (χ1) is 23.4. The molecule has 0 unspecified atom stereocenters. The number of benzene rings is 7. The number of hydrogen-bond acceptors (Lipinski definition) is 4. The fraction of sp³-hybridized carbons (Fsp3) is 0.0909. The Balaban J connectivity index is 0.000000167. The van der Waals surface area contributed by atoms with Crippen molar-refractivity contribution in [3.05, 3.63) is 156 Å². The monoisotopic (exact) mass is 654 g/mol. The Kier molecular flexibility index (Phi) is 7.84. The smallest absolute Gasteiger partial charge is 0.124 e. The number of aromatic nitrogens is 2. The Morgan fingerprint density at radius 1 is 0.396 bits per heavy atom. The van der Waals surface area contributed by atoms with Gasteiger partial charge in [-0.15, -0.1) is 22.7 Å². The highest BCUT2D eigenvalue weighted by molar-refractivity contribution is 7.22. The van der Waals surface area contributed by atoms with Crippen LogP contribution in [0.3, 0.4) is 0 Å². The van der Waals surface area contributed by atoms with E-state index >= 15 is 0 Å². The maximum Gasteiger partial charge on any atom is 0.124 e. The first-order valence-corrected chi connectivity index (χ1v) is 17.9. The third-order valence-electron chi connectivity index (χ3n) is 9.01. The van der Waals surface area contributed by atoms with Gasteiger partial charge in [0.15, 0.2) is 0 Å². The first kappa shape index (κ1) is 30.2. The second kappa shape index (κ2) is 12.5. The Labute approximate surface area is 289 Å². The second-order valence-electron chi connectivity index (χ2n) is 12.5. The number of thiazole rings is 2. The molecule has 9 aromatic rings. The van der Waals surface area contributed by atoms with Gasteiger partial charge in [-0.25, -0.2) is 9.97 Å². The molecule has 232 valence electrons. The lowest BCUT2D eigenvalue weighted by atomic mass is 9.89. The zero-order valence-corrected chi connectivity index (χ0v) is 29.0. The van der Waals surface area contributed by atoms with Gasteiger partial charge in [0.05, 0.1) is 20.4 Å². The molecule has 2 nitrogen and oxygen atoms in total. The molecule has 0 aliphatic carbocycles. The van der Waals surface area contributed by atoms with Gasteiger partial charge in [-0.2, -0.15) is 0 Å². The summed E-state index contributed by atoms with van der Waals surface area (Å²) in [6.45, 7) is 8.58. The fourth-order valence-electron chi connectivity index (χ4n) is 6.44. The molecule has 0 atom stereocenters. The van der Waals surface area contributed by atoms with Gasteiger partial charge in [0, 0.05) is 11.1 Å². The zero-order valence-electron chi connectivity index (χ0n) is 27.4. The normalized spacial score (nSPS) is 11.3. The van der Waals surface area contributed by atoms with E-state index in [-0.39, 0.29) is 0 Å². The van der Waals surface area contributed by atoms with Crippen LogP contribution in [-0.2, 0) is 0 Å². The third kappa shape index (κ3) is 5.68. The van der Waals surface area contributed by atoms with Crippen LogP contribution in [0, 0.1) is 27.7 Å². The molecule has 4 heteroatoms. The standard InChI is InChI=1S/C29H21NS.C15H13NS/c1-18-11-16-26-27(17-18)31-29(30-26)21-14-12-20(13-15-21)28-24-9-5-3-7-22(24)19(2)23-8-4-6-10-25(23)28;1-10-3-6-12(7-4-10)15-16-13-8-5-11(2)9-14(13)17-15/h3-17H,1-2H3;3-9H,1-2H3. The van der Waals surface area contributed by atoms with Crippen molar-refractivity contribution in [2.24, 2.45) is 0 Å². The summed E-state index contributed by atoms with van der Waals surface area (Å²) < 4.78 is 2.51. The van der Waals surface area contributed by atoms with Crippen molar-refractivity contribution in [1.29, 1.82) is 0 Å². The van der Waals surface area contributed by atoms with Crippen LogP contribution in [0.4, 0.5) is 0 Å². The predicted octanol–water partition coefficient (Wildman–Crippen LogP) is 13.1. The van der Waals surface area contributed by atoms with Crippen LogP contribution < -0.4 is 0 Å². The van der Waals surface area contributed by atoms with Gasteiger partial charge in [-0.3, -0.25) is 0 Å². The first-order valence-electron chi connectivity index (χ1n) is 16.2. The summed E-state index contributed by atoms with van der Waals surface area (Å²) in [5.41, 5.74) is 12.3. The Bertz CT molecular complexity index is 2530. The lowest BCUT2D eigenvalue weighted by molar-refractivity contribution is 1.43. The van der Waals surface area contributed by atoms with Crippen LogP contribution in [0.15, 0.2) is 133 Å². The highest BCUT2D eigenvalue weighted by Crippen LogP contribution is 2.40. The van der Waals surface area contributed by atoms with E-state index in [9.17, 15) is 0 Å². The van der Waals surface area contributed by atoms with Crippen molar-refractivity contribution in [3.63, 3.8) is 0 Å². The largest absolute Gasteiger partial charge is 0.236 e. The molecule has 0 amide bonds. The van der Waals surface area contributed by atoms with Crippen molar-refractivity contribution >= 4 is 64.7 Å². The van der Waals surface area contributed by atoms with Crippen molar-refractivity contribution in [3.8, 4) is 32.3 Å². The molecule has 0 radical (unpaired) electrons. The van der Waals surface area contributed by atoms with E-state index < -0.39 is 0 Å². The van der Waals surface area contributed by atoms with E-state index in [1.54, 1.807) is 22.7 Å². The summed E-state index contributed by atoms with van der Waals surface area (Å²) in [6, 6.07) is 47.8. The topological polar surface area (TPSA) is 25.8 Å². The van der Waals surface area contributed by atoms with E-state index in [4.69, 9.17) is 4.98 Å². The van der Waals surface area contributed by atoms with Crippen molar-refractivity contribution in [1.82, 2.24) is 9.97 Å². The summed E-state index contributed by atoms with van der Waals surface area (Å²) in [6.07, 6.45) is 0. The van der Waals surface area contributed by atoms with Crippen molar-refractivity contribution in [2.75, 3.05) is 0 Å². The molecule has 48 heavy (non-hydrogen) atoms. The number of aryl methyl sites for hydroxylation is 4. The predicted molar refractivity (Wildman–Crippen MR) is 210 cm³/mol. The molecular weight excluding hydrogens is 621 g/mol. The highest BCUT2D eigenvalue weighted by atomic mass is 32.1. The number of nitrogens with zero attached hydrogens (tertiary/aromatic N) is 2. The summed E-state index contributed by atoms with van der Waals surface area (Å²) >= 11 is 3.52. The molecule has 7 aromatic carbocycles. The Morgan fingerprint density at radius 3 is 1.27 bits per heavy atom. The molecule has 0 bridgehead atoms. The minimum Gasteiger partial charge on any atom is -0.236 e. The van der Waals surface area contributed by atoms with Gasteiger partial charge in [-0.05, 0) is 101 Å². The molecule has 0 aliphatic heterocycles. The van der Waals surface area contributed by atoms with Gasteiger partial charge in [0.2, 0.25) is 0 Å². The molecule has 9 rings (SSSR count). The van der Waals surface area contributed by atoms with Crippen LogP contribution in [0.1, 0.15) is 22.3 Å². The average molecular weight is 655 g/mol. The van der Waals surface area contributed by atoms with Crippen molar-refractivity contribution in [2.45, 2.75) is 27.7 Å². The van der Waals surface area contributed by atoms with Gasteiger partial charge in [0.25, 0.3) is 0 Å². The number of rotatable bonds is 3. The molecule has 0 aliphatic rings. The van der Waals surface area contributed by atoms with Crippen LogP contribution in [0.25, 0.3) is 74.2 Å². The van der Waals surface area contributed by atoms with E-state index in [1.807, 2.05) is 0 Å². The Morgan fingerprint density at radius 2 is 0.792 bits per heavy atom. The maximum absolute atomic E-state index is 4.86. The van der Waals surface area contributed by atoms with Crippen LogP contribution in [0.2, 0.25) is 0 Å². The molecule has 2 heterocycles. The van der Waals surface area contributed by atoms with Crippen LogP contribution in [-0.4, -0.2) is 9.97 Å². The summed E-state index contributed by atoms with van der Waals surface area (Å²) in [5.74, 6) is 0. The third-order valence-corrected chi connectivity index (χ3v) is 11.1. The molecular formula is C44H34N2S2. The van der Waals surface area contributed by atoms with E-state index in [0.717, 1.165) is 21.0 Å². The zero-order chi connectivity index (χ0) is 32.8. The van der Waals surface area contributed by atoms with E-state index in [1.165, 1.54) is 75.5 Å². The average Bonchev–Trinajstić information content (AvgIpc) is 3.73. The van der Waals surface area contributed by atoms with Gasteiger partial charge in [-0.1, -0.05) is 115 Å². The number of hydrogen-bond donors (Lipinski definition) is 0. The highest BCUT2D eigenvalue weighted by Gasteiger charge is 2.14. The molecule has 2 aromatic heterocycles. The fourth-order valence-corrected chi connectivity index (χ4v) is 8.58. The van der Waals surface area contributed by atoms with Gasteiger partial charge < -0.3 is 0 Å². The second-order valence-corrected chi connectivity index (χ2v) is 14.6. The molecule has 0 fully saturated rings. The lowest BCUT2D eigenvalue weighted by Crippen LogP contribution is -1.89. The molecule has 0 spiro atoms. The quantitative estimate of drug-likeness (QED) is 0.177. The minimum absolute atomic E-state index is 1.07. The molecule has 0 N–H and O–H groups in total. The Hall–Kier alpha value is -5.16. The number of fused-ring (bicyclic) bond motifs is 4. The summed E-state index contributed by atoms with van der Waals surface area (Å²) in [5, 5.41) is 7.43. The van der Waals surface area contributed by atoms with Crippen LogP contribution in [0.5, 0.6) is 0 Å². The van der Waals surface area contributed by atoms with Crippen LogP contribution >= 0.6 is 22.7 Å². The lowest BCUT2D eigenvalue weighted by Gasteiger charge is -2.15. The maximum atomic E-state index is 4.86. The van der Waals surface area contributed by atoms with Gasteiger partial charge >= 0.3 is 0 Å². The minimum atomic E-state index is 1.07. The molecule has 0 saturated carbocycles. The van der Waals surface area contributed by atoms with E-state index in [0.29, 0.717) is 0 Å². The van der Waals surface area contributed by atoms with Crippen molar-refractivity contribution < 1.29 is 0 Å². The summed E-state index contributed by atoms with van der Waals surface area (Å²) in [4.78, 5) is 9.53. The summed E-state index contributed by atoms with van der Waals surface area (Å²) in [7, 11) is 0. The van der Waals surface area contributed by atoms with Gasteiger partial charge in [0.1, 0.15) is 10.0 Å². The molecule has 0 saturated heterocycles. The van der Waals surface area contributed by atoms with E-state index in [2.05, 4.69) is 166 Å².